The Labute approximate surface area is 116 Å². The molecule has 0 aliphatic carbocycles. The van der Waals surface area contributed by atoms with E-state index in [4.69, 9.17) is 11.0 Å². The van der Waals surface area contributed by atoms with Crippen molar-refractivity contribution in [3.05, 3.63) is 56.4 Å². The van der Waals surface area contributed by atoms with Crippen LogP contribution in [-0.2, 0) is 0 Å². The van der Waals surface area contributed by atoms with E-state index in [1.54, 1.807) is 18.2 Å². The fourth-order valence-electron chi connectivity index (χ4n) is 1.51. The molecule has 1 aromatic heterocycles. The number of halogens is 2. The van der Waals surface area contributed by atoms with E-state index in [1.807, 2.05) is 17.5 Å². The Morgan fingerprint density at radius 2 is 2.17 bits per heavy atom. The van der Waals surface area contributed by atoms with Gasteiger partial charge < -0.3 is 5.73 Å². The number of thiophene rings is 1. The minimum absolute atomic E-state index is 0.157. The second kappa shape index (κ2) is 5.34. The standard InChI is InChI=1S/C13H8BrFN2S/c14-8-3-4-9(11(15)6-8)13(17)10(7-16)12-2-1-5-18-12/h1-6H,17H2/b13-10-. The molecule has 0 radical (unpaired) electrons. The Morgan fingerprint density at radius 3 is 2.72 bits per heavy atom. The monoisotopic (exact) mass is 322 g/mol. The zero-order valence-electron chi connectivity index (χ0n) is 9.15. The molecule has 1 aromatic carbocycles. The molecule has 90 valence electrons. The molecule has 2 rings (SSSR count). The highest BCUT2D eigenvalue weighted by molar-refractivity contribution is 9.10. The quantitative estimate of drug-likeness (QED) is 0.849. The van der Waals surface area contributed by atoms with Crippen molar-refractivity contribution in [3.8, 4) is 6.07 Å². The molecule has 0 atom stereocenters. The topological polar surface area (TPSA) is 49.8 Å². The summed E-state index contributed by atoms with van der Waals surface area (Å²) >= 11 is 4.57. The van der Waals surface area contributed by atoms with Crippen LogP contribution in [0.4, 0.5) is 4.39 Å². The third-order valence-corrected chi connectivity index (χ3v) is 3.75. The largest absolute Gasteiger partial charge is 0.397 e. The van der Waals surface area contributed by atoms with E-state index >= 15 is 0 Å². The smallest absolute Gasteiger partial charge is 0.133 e. The van der Waals surface area contributed by atoms with Crippen molar-refractivity contribution >= 4 is 38.5 Å². The van der Waals surface area contributed by atoms with E-state index < -0.39 is 5.82 Å². The predicted octanol–water partition coefficient (Wildman–Crippen LogP) is 4.00. The molecule has 0 spiro atoms. The van der Waals surface area contributed by atoms with Gasteiger partial charge in [-0.25, -0.2) is 4.39 Å². The summed E-state index contributed by atoms with van der Waals surface area (Å²) in [5, 5.41) is 11.0. The molecular weight excluding hydrogens is 315 g/mol. The number of nitrogens with zero attached hydrogens (tertiary/aromatic N) is 1. The first kappa shape index (κ1) is 12.8. The Morgan fingerprint density at radius 1 is 1.39 bits per heavy atom. The molecule has 1 heterocycles. The summed E-state index contributed by atoms with van der Waals surface area (Å²) in [6, 6.07) is 10.2. The first-order chi connectivity index (χ1) is 8.63. The van der Waals surface area contributed by atoms with Crippen molar-refractivity contribution in [2.45, 2.75) is 0 Å². The number of rotatable bonds is 2. The maximum absolute atomic E-state index is 13.8. The van der Waals surface area contributed by atoms with Gasteiger partial charge in [-0.2, -0.15) is 5.26 Å². The lowest BCUT2D eigenvalue weighted by Gasteiger charge is -2.06. The summed E-state index contributed by atoms with van der Waals surface area (Å²) in [5.74, 6) is -0.453. The number of nitriles is 1. The van der Waals surface area contributed by atoms with Gasteiger partial charge in [0.1, 0.15) is 11.9 Å². The molecule has 2 aromatic rings. The van der Waals surface area contributed by atoms with E-state index in [0.717, 1.165) is 4.88 Å². The van der Waals surface area contributed by atoms with Crippen LogP contribution < -0.4 is 5.73 Å². The minimum Gasteiger partial charge on any atom is -0.397 e. The fraction of sp³-hybridized carbons (Fsp3) is 0. The molecule has 0 amide bonds. The third kappa shape index (κ3) is 2.45. The molecule has 0 bridgehead atoms. The van der Waals surface area contributed by atoms with E-state index in [-0.39, 0.29) is 11.3 Å². The average Bonchev–Trinajstić information content (AvgIpc) is 2.83. The summed E-state index contributed by atoms with van der Waals surface area (Å²) in [7, 11) is 0. The van der Waals surface area contributed by atoms with Crippen LogP contribution in [0.25, 0.3) is 11.3 Å². The molecule has 0 saturated carbocycles. The SMILES string of the molecule is N#C/C(=C(/N)c1ccc(Br)cc1F)c1cccs1. The van der Waals surface area contributed by atoms with Crippen molar-refractivity contribution in [3.63, 3.8) is 0 Å². The van der Waals surface area contributed by atoms with Crippen molar-refractivity contribution < 1.29 is 4.39 Å². The molecule has 0 unspecified atom stereocenters. The number of nitrogens with two attached hydrogens (primary N) is 1. The fourth-order valence-corrected chi connectivity index (χ4v) is 2.58. The van der Waals surface area contributed by atoms with E-state index in [9.17, 15) is 4.39 Å². The molecule has 0 saturated heterocycles. The zero-order valence-corrected chi connectivity index (χ0v) is 11.6. The van der Waals surface area contributed by atoms with Gasteiger partial charge in [-0.15, -0.1) is 11.3 Å². The number of allylic oxidation sites excluding steroid dienone is 1. The summed E-state index contributed by atoms with van der Waals surface area (Å²) in [4.78, 5) is 0.734. The Bertz CT molecular complexity index is 642. The lowest BCUT2D eigenvalue weighted by molar-refractivity contribution is 0.623. The minimum atomic E-state index is -0.453. The summed E-state index contributed by atoms with van der Waals surface area (Å²) in [6.45, 7) is 0. The Hall–Kier alpha value is -1.64. The van der Waals surface area contributed by atoms with Crippen LogP contribution in [0.3, 0.4) is 0 Å². The van der Waals surface area contributed by atoms with Gasteiger partial charge in [0, 0.05) is 14.9 Å². The summed E-state index contributed by atoms with van der Waals surface area (Å²) in [5.41, 5.74) is 6.59. The van der Waals surface area contributed by atoms with Gasteiger partial charge in [0.25, 0.3) is 0 Å². The van der Waals surface area contributed by atoms with Crippen LogP contribution in [0.2, 0.25) is 0 Å². The van der Waals surface area contributed by atoms with Crippen LogP contribution in [-0.4, -0.2) is 0 Å². The van der Waals surface area contributed by atoms with Gasteiger partial charge in [0.05, 0.1) is 11.3 Å². The summed E-state index contributed by atoms with van der Waals surface area (Å²) in [6.07, 6.45) is 0. The van der Waals surface area contributed by atoms with Gasteiger partial charge in [0.2, 0.25) is 0 Å². The van der Waals surface area contributed by atoms with Gasteiger partial charge in [-0.3, -0.25) is 0 Å². The van der Waals surface area contributed by atoms with Crippen molar-refractivity contribution in [1.29, 1.82) is 5.26 Å². The lowest BCUT2D eigenvalue weighted by atomic mass is 10.1. The van der Waals surface area contributed by atoms with Crippen molar-refractivity contribution in [2.75, 3.05) is 0 Å². The van der Waals surface area contributed by atoms with Crippen LogP contribution in [0.1, 0.15) is 10.4 Å². The van der Waals surface area contributed by atoms with Crippen molar-refractivity contribution in [2.24, 2.45) is 5.73 Å². The number of hydrogen-bond donors (Lipinski definition) is 1. The van der Waals surface area contributed by atoms with Gasteiger partial charge in [-0.1, -0.05) is 22.0 Å². The van der Waals surface area contributed by atoms with Gasteiger partial charge in [0.15, 0.2) is 0 Å². The molecular formula is C13H8BrFN2S. The molecule has 0 aliphatic heterocycles. The maximum Gasteiger partial charge on any atom is 0.133 e. The predicted molar refractivity (Wildman–Crippen MR) is 75.0 cm³/mol. The highest BCUT2D eigenvalue weighted by Crippen LogP contribution is 2.28. The highest BCUT2D eigenvalue weighted by Gasteiger charge is 2.13. The Balaban J connectivity index is 2.58. The normalized spacial score (nSPS) is 11.8. The first-order valence-corrected chi connectivity index (χ1v) is 6.70. The van der Waals surface area contributed by atoms with Crippen LogP contribution in [0, 0.1) is 17.1 Å². The first-order valence-electron chi connectivity index (χ1n) is 5.02. The second-order valence-corrected chi connectivity index (χ2v) is 5.37. The van der Waals surface area contributed by atoms with Gasteiger partial charge in [-0.05, 0) is 29.6 Å². The molecule has 2 nitrogen and oxygen atoms in total. The lowest BCUT2D eigenvalue weighted by Crippen LogP contribution is -2.02. The van der Waals surface area contributed by atoms with Crippen molar-refractivity contribution in [1.82, 2.24) is 0 Å². The van der Waals surface area contributed by atoms with E-state index in [0.29, 0.717) is 10.0 Å². The van der Waals surface area contributed by atoms with Crippen LogP contribution in [0.15, 0.2) is 40.2 Å². The molecule has 0 fully saturated rings. The Kier molecular flexibility index (Phi) is 3.80. The average molecular weight is 323 g/mol. The molecule has 2 N–H and O–H groups in total. The van der Waals surface area contributed by atoms with Gasteiger partial charge >= 0.3 is 0 Å². The number of hydrogen-bond acceptors (Lipinski definition) is 3. The summed E-state index contributed by atoms with van der Waals surface area (Å²) < 4.78 is 14.4. The molecule has 0 aliphatic rings. The van der Waals surface area contributed by atoms with Crippen LogP contribution >= 0.6 is 27.3 Å². The maximum atomic E-state index is 13.8. The van der Waals surface area contributed by atoms with E-state index in [2.05, 4.69) is 15.9 Å². The highest BCUT2D eigenvalue weighted by atomic mass is 79.9. The number of benzene rings is 1. The van der Waals surface area contributed by atoms with E-state index in [1.165, 1.54) is 17.4 Å². The molecule has 5 heteroatoms. The third-order valence-electron chi connectivity index (χ3n) is 2.37. The zero-order chi connectivity index (χ0) is 13.1. The second-order valence-electron chi connectivity index (χ2n) is 3.50. The molecule has 18 heavy (non-hydrogen) atoms. The van der Waals surface area contributed by atoms with Crippen LogP contribution in [0.5, 0.6) is 0 Å².